The molecule has 3 N–H and O–H groups in total. The van der Waals surface area contributed by atoms with E-state index in [0.717, 1.165) is 109 Å². The lowest BCUT2D eigenvalue weighted by Gasteiger charge is -2.40. The van der Waals surface area contributed by atoms with Gasteiger partial charge in [-0.3, -0.25) is 14.4 Å². The van der Waals surface area contributed by atoms with Crippen molar-refractivity contribution in [2.75, 3.05) is 13.2 Å². The smallest absolute Gasteiger partial charge is 0.335 e. The minimum Gasteiger partial charge on any atom is -0.479 e. The summed E-state index contributed by atoms with van der Waals surface area (Å²) < 4.78 is 28.5. The maximum atomic E-state index is 13.2. The Bertz CT molecular complexity index is 1680. The monoisotopic (exact) mass is 1140 g/mol. The van der Waals surface area contributed by atoms with Crippen molar-refractivity contribution in [2.24, 2.45) is 0 Å². The molecular weight excluding hydrogens is 1020 g/mol. The van der Waals surface area contributed by atoms with Gasteiger partial charge in [-0.15, -0.1) is 0 Å². The summed E-state index contributed by atoms with van der Waals surface area (Å²) in [6.07, 6.45) is 60.0. The van der Waals surface area contributed by atoms with Crippen molar-refractivity contribution in [1.82, 2.24) is 0 Å². The Morgan fingerprint density at radius 2 is 0.778 bits per heavy atom. The fourth-order valence-corrected chi connectivity index (χ4v) is 9.74. The molecule has 0 spiro atoms. The van der Waals surface area contributed by atoms with E-state index >= 15 is 0 Å². The van der Waals surface area contributed by atoms with Gasteiger partial charge in [0.15, 0.2) is 24.6 Å². The molecule has 0 aromatic rings. The number of ether oxygens (including phenoxy) is 5. The Morgan fingerprint density at radius 1 is 0.420 bits per heavy atom. The van der Waals surface area contributed by atoms with Crippen LogP contribution in [0.3, 0.4) is 0 Å². The van der Waals surface area contributed by atoms with Crippen LogP contribution in [0.5, 0.6) is 0 Å². The van der Waals surface area contributed by atoms with Crippen LogP contribution < -0.4 is 0 Å². The summed E-state index contributed by atoms with van der Waals surface area (Å²) in [5.74, 6) is -3.16. The SMILES string of the molecule is CC/C=C\C/C=C\C/C=C\C/C=C\C/C=C\CCCCCC(=O)OC1C(OCC(COC(=O)CCCCCCCCCCCCCCCCCCC)OC(=O)CCCCCCC/C=C\CCCCCCCC)OC(C(=O)O)C(O)C1O. The zero-order valence-electron chi connectivity index (χ0n) is 51.5. The first-order valence-corrected chi connectivity index (χ1v) is 32.9. The van der Waals surface area contributed by atoms with E-state index in [1.165, 1.54) is 122 Å². The molecule has 0 amide bonds. The number of aliphatic hydroxyl groups excluding tert-OH is 2. The maximum absolute atomic E-state index is 13.2. The molecule has 1 fully saturated rings. The van der Waals surface area contributed by atoms with E-state index in [9.17, 15) is 34.5 Å². The van der Waals surface area contributed by atoms with Crippen molar-refractivity contribution in [3.05, 3.63) is 72.9 Å². The third kappa shape index (κ3) is 46.3. The first-order chi connectivity index (χ1) is 39.6. The second-order valence-corrected chi connectivity index (χ2v) is 22.4. The number of aliphatic hydroxyl groups is 2. The fraction of sp³-hybridized carbons (Fsp3) is 0.768. The summed E-state index contributed by atoms with van der Waals surface area (Å²) >= 11 is 0. The van der Waals surface area contributed by atoms with Crippen LogP contribution in [0.25, 0.3) is 0 Å². The molecule has 1 aliphatic heterocycles. The third-order valence-electron chi connectivity index (χ3n) is 14.8. The van der Waals surface area contributed by atoms with Gasteiger partial charge < -0.3 is 39.0 Å². The lowest BCUT2D eigenvalue weighted by Crippen LogP contribution is -2.61. The molecule has 0 aromatic heterocycles. The van der Waals surface area contributed by atoms with E-state index in [2.05, 4.69) is 93.7 Å². The van der Waals surface area contributed by atoms with Gasteiger partial charge in [0.2, 0.25) is 0 Å². The molecule has 0 bridgehead atoms. The lowest BCUT2D eigenvalue weighted by atomic mass is 9.98. The molecular formula is C69H118O12. The van der Waals surface area contributed by atoms with Crippen molar-refractivity contribution >= 4 is 23.9 Å². The average Bonchev–Trinajstić information content (AvgIpc) is 3.54. The molecule has 12 heteroatoms. The summed E-state index contributed by atoms with van der Waals surface area (Å²) in [5, 5.41) is 31.6. The normalized spacial score (nSPS) is 18.2. The summed E-state index contributed by atoms with van der Waals surface area (Å²) in [6, 6.07) is 0. The number of carbonyl (C=O) groups is 4. The molecule has 0 saturated carbocycles. The Balaban J connectivity index is 2.67. The van der Waals surface area contributed by atoms with Crippen molar-refractivity contribution in [1.29, 1.82) is 0 Å². The van der Waals surface area contributed by atoms with Crippen LogP contribution in [0.4, 0.5) is 0 Å². The van der Waals surface area contributed by atoms with Crippen LogP contribution in [0.2, 0.25) is 0 Å². The van der Waals surface area contributed by atoms with Gasteiger partial charge in [-0.25, -0.2) is 4.79 Å². The first kappa shape index (κ1) is 75.2. The molecule has 0 aliphatic carbocycles. The first-order valence-electron chi connectivity index (χ1n) is 32.9. The molecule has 81 heavy (non-hydrogen) atoms. The number of carboxylic acid groups (broad SMARTS) is 1. The predicted octanol–water partition coefficient (Wildman–Crippen LogP) is 17.7. The predicted molar refractivity (Wildman–Crippen MR) is 331 cm³/mol. The van der Waals surface area contributed by atoms with Crippen LogP contribution in [0, 0.1) is 0 Å². The Morgan fingerprint density at radius 3 is 1.21 bits per heavy atom. The van der Waals surface area contributed by atoms with E-state index in [1.807, 2.05) is 0 Å². The molecule has 1 saturated heterocycles. The largest absolute Gasteiger partial charge is 0.479 e. The molecule has 0 radical (unpaired) electrons. The van der Waals surface area contributed by atoms with Crippen LogP contribution in [0.15, 0.2) is 72.9 Å². The number of carboxylic acids is 1. The molecule has 1 aliphatic rings. The third-order valence-corrected chi connectivity index (χ3v) is 14.8. The van der Waals surface area contributed by atoms with Crippen LogP contribution in [-0.4, -0.2) is 89.2 Å². The lowest BCUT2D eigenvalue weighted by molar-refractivity contribution is -0.301. The van der Waals surface area contributed by atoms with Crippen molar-refractivity contribution < 1.29 is 58.2 Å². The van der Waals surface area contributed by atoms with Gasteiger partial charge in [0.25, 0.3) is 0 Å². The topological polar surface area (TPSA) is 175 Å². The van der Waals surface area contributed by atoms with E-state index in [4.69, 9.17) is 23.7 Å². The molecule has 12 nitrogen and oxygen atoms in total. The number of hydrogen-bond donors (Lipinski definition) is 3. The number of unbranched alkanes of at least 4 members (excludes halogenated alkanes) is 30. The number of esters is 3. The van der Waals surface area contributed by atoms with Gasteiger partial charge >= 0.3 is 23.9 Å². The van der Waals surface area contributed by atoms with Gasteiger partial charge in [0, 0.05) is 19.3 Å². The summed E-state index contributed by atoms with van der Waals surface area (Å²) in [6.45, 7) is 5.89. The van der Waals surface area contributed by atoms with Crippen LogP contribution in [-0.2, 0) is 42.9 Å². The Kier molecular flexibility index (Phi) is 52.6. The summed E-state index contributed by atoms with van der Waals surface area (Å²) in [4.78, 5) is 51.3. The zero-order valence-corrected chi connectivity index (χ0v) is 51.5. The summed E-state index contributed by atoms with van der Waals surface area (Å²) in [7, 11) is 0. The quantitative estimate of drug-likeness (QED) is 0.0228. The number of rotatable bonds is 56. The molecule has 6 atom stereocenters. The highest BCUT2D eigenvalue weighted by Gasteiger charge is 2.50. The van der Waals surface area contributed by atoms with Gasteiger partial charge in [0.05, 0.1) is 6.61 Å². The second-order valence-electron chi connectivity index (χ2n) is 22.4. The Hall–Kier alpha value is -3.84. The average molecular weight is 1140 g/mol. The zero-order chi connectivity index (χ0) is 58.9. The number of allylic oxidation sites excluding steroid dienone is 12. The molecule has 466 valence electrons. The van der Waals surface area contributed by atoms with Crippen molar-refractivity contribution in [3.63, 3.8) is 0 Å². The summed E-state index contributed by atoms with van der Waals surface area (Å²) in [5.41, 5.74) is 0. The van der Waals surface area contributed by atoms with Crippen LogP contribution >= 0.6 is 0 Å². The second kappa shape index (κ2) is 56.6. The van der Waals surface area contributed by atoms with Gasteiger partial charge in [0.1, 0.15) is 18.8 Å². The molecule has 1 rings (SSSR count). The Labute approximate surface area is 493 Å². The molecule has 1 heterocycles. The van der Waals surface area contributed by atoms with E-state index < -0.39 is 67.3 Å². The van der Waals surface area contributed by atoms with Gasteiger partial charge in [-0.05, 0) is 89.9 Å². The van der Waals surface area contributed by atoms with Gasteiger partial charge in [-0.1, -0.05) is 254 Å². The number of aliphatic carboxylic acids is 1. The van der Waals surface area contributed by atoms with Crippen LogP contribution in [0.1, 0.15) is 290 Å². The maximum Gasteiger partial charge on any atom is 0.335 e. The standard InChI is InChI=1S/C69H118O12/c1-4-7-10-13-16-19-22-25-28-30-31-33-36-39-42-45-48-51-54-57-63(72)80-67-65(74)64(73)66(68(75)76)81-69(67)78-59-60(79-62(71)56-53-50-47-44-41-38-34-27-24-21-18-15-12-9-6-3)58-77-61(70)55-52-49-46-43-40-37-35-32-29-26-23-20-17-14-11-8-5-2/h7,10,16,19,25,27-28,31,33-34,39,42,60,64-67,69,73-74H,4-6,8-9,11-15,17-18,20-24,26,29-30,32,35-38,40-41,43-59H2,1-3H3,(H,75,76)/b10-7-,19-16-,28-25-,33-31-,34-27-,42-39-. The molecule has 0 aromatic carbocycles. The number of carbonyl (C=O) groups excluding carboxylic acids is 3. The minimum absolute atomic E-state index is 0.0199. The number of hydrogen-bond acceptors (Lipinski definition) is 11. The highest BCUT2D eigenvalue weighted by molar-refractivity contribution is 5.74. The van der Waals surface area contributed by atoms with E-state index in [0.29, 0.717) is 19.3 Å². The van der Waals surface area contributed by atoms with E-state index in [-0.39, 0.29) is 25.9 Å². The van der Waals surface area contributed by atoms with Crippen molar-refractivity contribution in [3.8, 4) is 0 Å². The molecule has 6 unspecified atom stereocenters. The highest BCUT2D eigenvalue weighted by atomic mass is 16.7. The minimum atomic E-state index is -1.92. The van der Waals surface area contributed by atoms with Crippen molar-refractivity contribution in [2.45, 2.75) is 327 Å². The highest BCUT2D eigenvalue weighted by Crippen LogP contribution is 2.27. The fourth-order valence-electron chi connectivity index (χ4n) is 9.74. The van der Waals surface area contributed by atoms with Gasteiger partial charge in [-0.2, -0.15) is 0 Å². The van der Waals surface area contributed by atoms with E-state index in [1.54, 1.807) is 0 Å².